The standard InChI is InChI=1S/C12H22N2O3/c1-3-4-12(5-6-12)8-13-7-10(11(16)17)14-9(2)15/h10,13H,3-8H2,1-2H3,(H,14,15)(H,16,17). The molecule has 1 unspecified atom stereocenters. The molecule has 1 amide bonds. The lowest BCUT2D eigenvalue weighted by atomic mass is 10.0. The van der Waals surface area contributed by atoms with Crippen LogP contribution in [-0.2, 0) is 9.59 Å². The molecule has 0 aromatic carbocycles. The van der Waals surface area contributed by atoms with Gasteiger partial charge in [0.1, 0.15) is 6.04 Å². The zero-order valence-electron chi connectivity index (χ0n) is 10.6. The van der Waals surface area contributed by atoms with Gasteiger partial charge in [-0.15, -0.1) is 0 Å². The van der Waals surface area contributed by atoms with Crippen LogP contribution in [0.5, 0.6) is 0 Å². The number of carboxylic acids is 1. The van der Waals surface area contributed by atoms with E-state index >= 15 is 0 Å². The van der Waals surface area contributed by atoms with Gasteiger partial charge in [-0.2, -0.15) is 0 Å². The third-order valence-corrected chi connectivity index (χ3v) is 3.26. The quantitative estimate of drug-likeness (QED) is 0.587. The van der Waals surface area contributed by atoms with Crippen LogP contribution in [0.25, 0.3) is 0 Å². The van der Waals surface area contributed by atoms with Gasteiger partial charge in [0, 0.05) is 20.0 Å². The minimum absolute atomic E-state index is 0.292. The molecule has 1 rings (SSSR count). The number of hydrogen-bond donors (Lipinski definition) is 3. The van der Waals surface area contributed by atoms with Crippen molar-refractivity contribution in [2.45, 2.75) is 45.6 Å². The van der Waals surface area contributed by atoms with E-state index < -0.39 is 12.0 Å². The molecule has 0 aliphatic heterocycles. The minimum Gasteiger partial charge on any atom is -0.480 e. The first kappa shape index (κ1) is 14.0. The molecule has 0 radical (unpaired) electrons. The van der Waals surface area contributed by atoms with E-state index in [0.717, 1.165) is 13.0 Å². The second-order valence-corrected chi connectivity index (χ2v) is 4.97. The number of rotatable bonds is 8. The molecule has 0 heterocycles. The molecule has 3 N–H and O–H groups in total. The first-order valence-electron chi connectivity index (χ1n) is 6.20. The predicted octanol–water partition coefficient (Wildman–Crippen LogP) is 0.746. The molecular formula is C12H22N2O3. The Morgan fingerprint density at radius 1 is 1.41 bits per heavy atom. The average Bonchev–Trinajstić information content (AvgIpc) is 2.96. The molecule has 1 aliphatic carbocycles. The highest BCUT2D eigenvalue weighted by Crippen LogP contribution is 2.48. The van der Waals surface area contributed by atoms with Crippen molar-refractivity contribution in [2.75, 3.05) is 13.1 Å². The van der Waals surface area contributed by atoms with Gasteiger partial charge in [0.25, 0.3) is 0 Å². The number of carboxylic acid groups (broad SMARTS) is 1. The van der Waals surface area contributed by atoms with Gasteiger partial charge in [-0.3, -0.25) is 4.79 Å². The van der Waals surface area contributed by atoms with Gasteiger partial charge in [0.05, 0.1) is 0 Å². The number of nitrogens with one attached hydrogen (secondary N) is 2. The van der Waals surface area contributed by atoms with Crippen LogP contribution in [0, 0.1) is 5.41 Å². The smallest absolute Gasteiger partial charge is 0.327 e. The minimum atomic E-state index is -0.993. The average molecular weight is 242 g/mol. The van der Waals surface area contributed by atoms with Gasteiger partial charge in [-0.25, -0.2) is 4.79 Å². The van der Waals surface area contributed by atoms with E-state index in [1.54, 1.807) is 0 Å². The Morgan fingerprint density at radius 3 is 2.47 bits per heavy atom. The monoisotopic (exact) mass is 242 g/mol. The molecule has 0 saturated heterocycles. The molecule has 1 fully saturated rings. The lowest BCUT2D eigenvalue weighted by molar-refractivity contribution is -0.141. The fourth-order valence-electron chi connectivity index (χ4n) is 2.15. The summed E-state index contributed by atoms with van der Waals surface area (Å²) in [5, 5.41) is 14.5. The van der Waals surface area contributed by atoms with Crippen molar-refractivity contribution in [1.82, 2.24) is 10.6 Å². The van der Waals surface area contributed by atoms with Crippen LogP contribution < -0.4 is 10.6 Å². The van der Waals surface area contributed by atoms with Crippen molar-refractivity contribution >= 4 is 11.9 Å². The molecule has 0 aromatic rings. The molecular weight excluding hydrogens is 220 g/mol. The molecule has 0 spiro atoms. The summed E-state index contributed by atoms with van der Waals surface area (Å²) >= 11 is 0. The molecule has 1 saturated carbocycles. The highest BCUT2D eigenvalue weighted by atomic mass is 16.4. The molecule has 5 heteroatoms. The third kappa shape index (κ3) is 4.73. The van der Waals surface area contributed by atoms with Gasteiger partial charge in [0.15, 0.2) is 0 Å². The summed E-state index contributed by atoms with van der Waals surface area (Å²) in [6, 6.07) is -0.829. The largest absolute Gasteiger partial charge is 0.480 e. The molecule has 5 nitrogen and oxygen atoms in total. The Labute approximate surface area is 102 Å². The Hall–Kier alpha value is -1.10. The summed E-state index contributed by atoms with van der Waals surface area (Å²) in [5.74, 6) is -1.30. The first-order chi connectivity index (χ1) is 7.99. The van der Waals surface area contributed by atoms with E-state index in [1.807, 2.05) is 0 Å². The number of hydrogen-bond acceptors (Lipinski definition) is 3. The van der Waals surface area contributed by atoms with E-state index in [9.17, 15) is 9.59 Å². The van der Waals surface area contributed by atoms with Crippen LogP contribution in [-0.4, -0.2) is 36.1 Å². The zero-order valence-corrected chi connectivity index (χ0v) is 10.6. The molecule has 0 bridgehead atoms. The Kier molecular flexibility index (Phi) is 4.93. The third-order valence-electron chi connectivity index (χ3n) is 3.26. The lowest BCUT2D eigenvalue weighted by Gasteiger charge is -2.18. The van der Waals surface area contributed by atoms with Gasteiger partial charge >= 0.3 is 5.97 Å². The van der Waals surface area contributed by atoms with Crippen LogP contribution in [0.15, 0.2) is 0 Å². The van der Waals surface area contributed by atoms with Crippen molar-refractivity contribution < 1.29 is 14.7 Å². The molecule has 0 aromatic heterocycles. The second kappa shape index (κ2) is 6.00. The summed E-state index contributed by atoms with van der Waals surface area (Å²) in [6.07, 6.45) is 4.81. The van der Waals surface area contributed by atoms with Crippen LogP contribution in [0.4, 0.5) is 0 Å². The number of carbonyl (C=O) groups excluding carboxylic acids is 1. The van der Waals surface area contributed by atoms with Crippen LogP contribution in [0.2, 0.25) is 0 Å². The summed E-state index contributed by atoms with van der Waals surface area (Å²) in [7, 11) is 0. The maximum atomic E-state index is 10.9. The van der Waals surface area contributed by atoms with E-state index in [1.165, 1.54) is 26.2 Å². The van der Waals surface area contributed by atoms with Crippen LogP contribution in [0.3, 0.4) is 0 Å². The molecule has 1 aliphatic rings. The van der Waals surface area contributed by atoms with Gasteiger partial charge in [0.2, 0.25) is 5.91 Å². The lowest BCUT2D eigenvalue weighted by Crippen LogP contribution is -2.47. The van der Waals surface area contributed by atoms with Crippen molar-refractivity contribution in [3.63, 3.8) is 0 Å². The van der Waals surface area contributed by atoms with Gasteiger partial charge in [-0.05, 0) is 24.7 Å². The van der Waals surface area contributed by atoms with Gasteiger partial charge in [-0.1, -0.05) is 13.3 Å². The van der Waals surface area contributed by atoms with E-state index in [4.69, 9.17) is 5.11 Å². The van der Waals surface area contributed by atoms with E-state index in [2.05, 4.69) is 17.6 Å². The Bertz CT molecular complexity index is 287. The highest BCUT2D eigenvalue weighted by Gasteiger charge is 2.40. The fourth-order valence-corrected chi connectivity index (χ4v) is 2.15. The summed E-state index contributed by atoms with van der Waals surface area (Å²) in [6.45, 7) is 4.64. The normalized spacial score (nSPS) is 18.5. The van der Waals surface area contributed by atoms with Gasteiger partial charge < -0.3 is 15.7 Å². The molecule has 17 heavy (non-hydrogen) atoms. The number of carbonyl (C=O) groups is 2. The first-order valence-corrected chi connectivity index (χ1v) is 6.20. The maximum absolute atomic E-state index is 10.9. The van der Waals surface area contributed by atoms with Crippen molar-refractivity contribution in [2.24, 2.45) is 5.41 Å². The topological polar surface area (TPSA) is 78.4 Å². The molecule has 1 atom stereocenters. The van der Waals surface area contributed by atoms with Crippen LogP contribution in [0.1, 0.15) is 39.5 Å². The van der Waals surface area contributed by atoms with E-state index in [0.29, 0.717) is 12.0 Å². The Morgan fingerprint density at radius 2 is 2.06 bits per heavy atom. The van der Waals surface area contributed by atoms with Crippen molar-refractivity contribution in [3.8, 4) is 0 Å². The summed E-state index contributed by atoms with van der Waals surface area (Å²) in [4.78, 5) is 21.7. The number of aliphatic carboxylic acids is 1. The summed E-state index contributed by atoms with van der Waals surface area (Å²) < 4.78 is 0. The Balaban J connectivity index is 2.27. The zero-order chi connectivity index (χ0) is 12.9. The summed E-state index contributed by atoms with van der Waals surface area (Å²) in [5.41, 5.74) is 0.397. The van der Waals surface area contributed by atoms with E-state index in [-0.39, 0.29) is 5.91 Å². The molecule has 98 valence electrons. The fraction of sp³-hybridized carbons (Fsp3) is 0.833. The highest BCUT2D eigenvalue weighted by molar-refractivity contribution is 5.82. The SMILES string of the molecule is CCCC1(CNCC(NC(C)=O)C(=O)O)CC1. The van der Waals surface area contributed by atoms with Crippen molar-refractivity contribution in [1.29, 1.82) is 0 Å². The van der Waals surface area contributed by atoms with Crippen LogP contribution >= 0.6 is 0 Å². The number of amides is 1. The maximum Gasteiger partial charge on any atom is 0.327 e. The predicted molar refractivity (Wildman–Crippen MR) is 64.7 cm³/mol. The second-order valence-electron chi connectivity index (χ2n) is 4.97. The van der Waals surface area contributed by atoms with Crippen molar-refractivity contribution in [3.05, 3.63) is 0 Å².